The minimum absolute atomic E-state index is 0.0324. The highest BCUT2D eigenvalue weighted by atomic mass is 35.5. The number of nitrogens with one attached hydrogen (secondary N) is 1. The maximum Gasteiger partial charge on any atom is 0.350 e. The van der Waals surface area contributed by atoms with Gasteiger partial charge in [0.25, 0.3) is 11.8 Å². The SMILES string of the molecule is Cc1ccc(C(=O)Nc2ccc(Cl)cc2F)cc1C(F)(F)C(=O)N1CCC(O)CC1. The Morgan fingerprint density at radius 3 is 2.47 bits per heavy atom. The van der Waals surface area contributed by atoms with E-state index < -0.39 is 35.2 Å². The zero-order valence-corrected chi connectivity index (χ0v) is 16.8. The second-order valence-corrected chi connectivity index (χ2v) is 7.64. The Hall–Kier alpha value is -2.58. The van der Waals surface area contributed by atoms with E-state index in [-0.39, 0.29) is 47.8 Å². The molecule has 1 aliphatic heterocycles. The normalized spacial score (nSPS) is 15.2. The van der Waals surface area contributed by atoms with Crippen molar-refractivity contribution >= 4 is 29.1 Å². The van der Waals surface area contributed by atoms with Crippen LogP contribution in [0.1, 0.15) is 34.3 Å². The van der Waals surface area contributed by atoms with Crippen molar-refractivity contribution < 1.29 is 27.9 Å². The molecule has 0 aliphatic carbocycles. The number of anilines is 1. The molecule has 0 bridgehead atoms. The highest BCUT2D eigenvalue weighted by Crippen LogP contribution is 2.34. The van der Waals surface area contributed by atoms with Gasteiger partial charge in [0.15, 0.2) is 0 Å². The van der Waals surface area contributed by atoms with Gasteiger partial charge in [-0.3, -0.25) is 9.59 Å². The number of piperidine rings is 1. The van der Waals surface area contributed by atoms with Crippen LogP contribution in [-0.4, -0.2) is 41.0 Å². The van der Waals surface area contributed by atoms with Gasteiger partial charge in [0.05, 0.1) is 11.8 Å². The summed E-state index contributed by atoms with van der Waals surface area (Å²) in [7, 11) is 0. The maximum absolute atomic E-state index is 15.0. The van der Waals surface area contributed by atoms with Crippen LogP contribution in [0.3, 0.4) is 0 Å². The molecule has 2 N–H and O–H groups in total. The number of amides is 2. The summed E-state index contributed by atoms with van der Waals surface area (Å²) >= 11 is 5.67. The van der Waals surface area contributed by atoms with Gasteiger partial charge in [0.1, 0.15) is 5.82 Å². The van der Waals surface area contributed by atoms with E-state index in [1.54, 1.807) is 0 Å². The summed E-state index contributed by atoms with van der Waals surface area (Å²) < 4.78 is 43.9. The average molecular weight is 441 g/mol. The van der Waals surface area contributed by atoms with E-state index in [9.17, 15) is 19.1 Å². The lowest BCUT2D eigenvalue weighted by Gasteiger charge is -2.32. The third-order valence-electron chi connectivity index (χ3n) is 5.04. The van der Waals surface area contributed by atoms with Crippen LogP contribution in [0.5, 0.6) is 0 Å². The molecule has 2 aromatic carbocycles. The minimum atomic E-state index is -3.85. The molecule has 0 spiro atoms. The van der Waals surface area contributed by atoms with Crippen LogP contribution in [0.25, 0.3) is 0 Å². The fraction of sp³-hybridized carbons (Fsp3) is 0.333. The monoisotopic (exact) mass is 440 g/mol. The molecule has 2 aromatic rings. The van der Waals surface area contributed by atoms with Crippen molar-refractivity contribution in [3.63, 3.8) is 0 Å². The molecule has 2 amide bonds. The van der Waals surface area contributed by atoms with Crippen LogP contribution in [-0.2, 0) is 10.7 Å². The van der Waals surface area contributed by atoms with Crippen LogP contribution in [0.2, 0.25) is 5.02 Å². The third kappa shape index (κ3) is 4.60. The Kier molecular flexibility index (Phi) is 6.38. The minimum Gasteiger partial charge on any atom is -0.393 e. The first-order valence-electron chi connectivity index (χ1n) is 9.32. The summed E-state index contributed by atoms with van der Waals surface area (Å²) in [5.74, 6) is -6.80. The molecule has 0 saturated carbocycles. The van der Waals surface area contributed by atoms with Crippen LogP contribution >= 0.6 is 11.6 Å². The quantitative estimate of drug-likeness (QED) is 0.751. The lowest BCUT2D eigenvalue weighted by Crippen LogP contribution is -2.47. The molecule has 30 heavy (non-hydrogen) atoms. The molecule has 0 aromatic heterocycles. The van der Waals surface area contributed by atoms with Crippen molar-refractivity contribution in [1.29, 1.82) is 0 Å². The molecule has 1 saturated heterocycles. The summed E-state index contributed by atoms with van der Waals surface area (Å²) in [5.41, 5.74) is -0.754. The molecule has 1 aliphatic rings. The number of aliphatic hydroxyl groups is 1. The van der Waals surface area contributed by atoms with Gasteiger partial charge in [0, 0.05) is 29.2 Å². The van der Waals surface area contributed by atoms with Crippen LogP contribution in [0.15, 0.2) is 36.4 Å². The number of aryl methyl sites for hydroxylation is 1. The predicted octanol–water partition coefficient (Wildman–Crippen LogP) is 4.11. The molecule has 0 radical (unpaired) electrons. The van der Waals surface area contributed by atoms with E-state index in [1.807, 2.05) is 0 Å². The number of benzene rings is 2. The van der Waals surface area contributed by atoms with E-state index in [1.165, 1.54) is 31.2 Å². The summed E-state index contributed by atoms with van der Waals surface area (Å²) in [4.78, 5) is 25.9. The van der Waals surface area contributed by atoms with Crippen LogP contribution < -0.4 is 5.32 Å². The van der Waals surface area contributed by atoms with E-state index in [2.05, 4.69) is 5.32 Å². The van der Waals surface area contributed by atoms with Crippen LogP contribution in [0, 0.1) is 12.7 Å². The summed E-state index contributed by atoms with van der Waals surface area (Å²) in [6.45, 7) is 1.48. The molecule has 0 unspecified atom stereocenters. The topological polar surface area (TPSA) is 69.6 Å². The molecule has 9 heteroatoms. The first-order chi connectivity index (χ1) is 14.1. The molecular weight excluding hydrogens is 421 g/mol. The molecule has 5 nitrogen and oxygen atoms in total. The molecule has 3 rings (SSSR count). The van der Waals surface area contributed by atoms with E-state index >= 15 is 8.78 Å². The Labute approximate surface area is 176 Å². The fourth-order valence-electron chi connectivity index (χ4n) is 3.27. The highest BCUT2D eigenvalue weighted by Gasteiger charge is 2.45. The Balaban J connectivity index is 1.84. The van der Waals surface area contributed by atoms with Gasteiger partial charge in [0.2, 0.25) is 0 Å². The lowest BCUT2D eigenvalue weighted by atomic mass is 9.97. The Morgan fingerprint density at radius 1 is 1.17 bits per heavy atom. The van der Waals surface area contributed by atoms with Crippen molar-refractivity contribution in [3.8, 4) is 0 Å². The molecular formula is C21H20ClF3N2O3. The number of alkyl halides is 2. The first-order valence-corrected chi connectivity index (χ1v) is 9.70. The van der Waals surface area contributed by atoms with Crippen molar-refractivity contribution in [3.05, 3.63) is 63.9 Å². The van der Waals surface area contributed by atoms with Gasteiger partial charge >= 0.3 is 5.92 Å². The number of likely N-dealkylation sites (tertiary alicyclic amines) is 1. The summed E-state index contributed by atoms with van der Waals surface area (Å²) in [6.07, 6.45) is -0.143. The number of hydrogen-bond donors (Lipinski definition) is 2. The predicted molar refractivity (Wildman–Crippen MR) is 106 cm³/mol. The van der Waals surface area contributed by atoms with Crippen molar-refractivity contribution in [2.45, 2.75) is 31.8 Å². The van der Waals surface area contributed by atoms with E-state index in [4.69, 9.17) is 11.6 Å². The molecule has 1 heterocycles. The summed E-state index contributed by atoms with van der Waals surface area (Å²) in [6, 6.07) is 7.22. The van der Waals surface area contributed by atoms with E-state index in [0.717, 1.165) is 17.0 Å². The van der Waals surface area contributed by atoms with Crippen molar-refractivity contribution in [2.24, 2.45) is 0 Å². The van der Waals surface area contributed by atoms with Gasteiger partial charge in [-0.25, -0.2) is 4.39 Å². The van der Waals surface area contributed by atoms with Crippen molar-refractivity contribution in [2.75, 3.05) is 18.4 Å². The molecule has 0 atom stereocenters. The second-order valence-electron chi connectivity index (χ2n) is 7.21. The van der Waals surface area contributed by atoms with Gasteiger partial charge < -0.3 is 15.3 Å². The number of halogens is 4. The van der Waals surface area contributed by atoms with Gasteiger partial charge in [-0.05, 0) is 55.7 Å². The number of carbonyl (C=O) groups is 2. The smallest absolute Gasteiger partial charge is 0.350 e. The first kappa shape index (κ1) is 22.1. The fourth-order valence-corrected chi connectivity index (χ4v) is 3.43. The lowest BCUT2D eigenvalue weighted by molar-refractivity contribution is -0.161. The standard InChI is InChI=1S/C21H20ClF3N2O3/c1-12-2-3-13(19(29)26-18-5-4-14(22)11-17(18)23)10-16(12)21(24,25)20(30)27-8-6-15(28)7-9-27/h2-5,10-11,15,28H,6-9H2,1H3,(H,26,29). The maximum atomic E-state index is 15.0. The third-order valence-corrected chi connectivity index (χ3v) is 5.27. The van der Waals surface area contributed by atoms with E-state index in [0.29, 0.717) is 0 Å². The number of rotatable bonds is 4. The summed E-state index contributed by atoms with van der Waals surface area (Å²) in [5, 5.41) is 12.0. The Bertz CT molecular complexity index is 976. The number of aliphatic hydroxyl groups excluding tert-OH is 1. The zero-order chi connectivity index (χ0) is 22.1. The zero-order valence-electron chi connectivity index (χ0n) is 16.1. The number of nitrogens with zero attached hydrogens (tertiary/aromatic N) is 1. The van der Waals surface area contributed by atoms with Gasteiger partial charge in [-0.2, -0.15) is 8.78 Å². The average Bonchev–Trinajstić information content (AvgIpc) is 2.70. The molecule has 160 valence electrons. The van der Waals surface area contributed by atoms with Gasteiger partial charge in [-0.1, -0.05) is 17.7 Å². The van der Waals surface area contributed by atoms with Crippen LogP contribution in [0.4, 0.5) is 18.9 Å². The highest BCUT2D eigenvalue weighted by molar-refractivity contribution is 6.30. The van der Waals surface area contributed by atoms with Crippen molar-refractivity contribution in [1.82, 2.24) is 4.90 Å². The molecule has 1 fully saturated rings. The van der Waals surface area contributed by atoms with Gasteiger partial charge in [-0.15, -0.1) is 0 Å². The number of carbonyl (C=O) groups excluding carboxylic acids is 2. The largest absolute Gasteiger partial charge is 0.393 e. The Morgan fingerprint density at radius 2 is 1.83 bits per heavy atom. The number of hydrogen-bond acceptors (Lipinski definition) is 3. The second kappa shape index (κ2) is 8.65.